The van der Waals surface area contributed by atoms with Gasteiger partial charge in [0.15, 0.2) is 0 Å². The first-order valence-electron chi connectivity index (χ1n) is 15.6. The fourth-order valence-electron chi connectivity index (χ4n) is 5.88. The van der Waals surface area contributed by atoms with Crippen LogP contribution in [0.2, 0.25) is 0 Å². The van der Waals surface area contributed by atoms with Crippen molar-refractivity contribution in [3.05, 3.63) is 76.4 Å². The molecular formula is C34H44N6O4S. The number of β-amino-alcohol motifs (C(OH)–C–C–N with tert-alkyl or cyclic N) is 1. The Hall–Kier alpha value is -3.64. The molecule has 4 N–H and O–H groups in total. The summed E-state index contributed by atoms with van der Waals surface area (Å²) in [5.74, 6) is -1.07. The lowest BCUT2D eigenvalue weighted by Crippen LogP contribution is -2.57. The number of nitrogens with zero attached hydrogens (tertiary/aromatic N) is 3. The molecule has 3 atom stereocenters. The first-order valence-corrected chi connectivity index (χ1v) is 16.5. The summed E-state index contributed by atoms with van der Waals surface area (Å²) in [6, 6.07) is 13.7. The van der Waals surface area contributed by atoms with Crippen LogP contribution in [0.4, 0.5) is 0 Å². The molecule has 11 heteroatoms. The highest BCUT2D eigenvalue weighted by atomic mass is 32.1. The van der Waals surface area contributed by atoms with Gasteiger partial charge in [0.25, 0.3) is 5.91 Å². The van der Waals surface area contributed by atoms with Crippen LogP contribution >= 0.6 is 11.3 Å². The number of carbonyl (C=O) groups is 3. The molecule has 2 aromatic carbocycles. The van der Waals surface area contributed by atoms with Gasteiger partial charge in [0, 0.05) is 57.8 Å². The van der Waals surface area contributed by atoms with Crippen molar-refractivity contribution in [2.24, 2.45) is 5.41 Å². The van der Waals surface area contributed by atoms with E-state index in [1.165, 1.54) is 4.90 Å². The number of rotatable bonds is 9. The number of amides is 3. The first-order chi connectivity index (χ1) is 21.5. The third kappa shape index (κ3) is 8.15. The number of aromatic nitrogens is 1. The molecular weight excluding hydrogens is 588 g/mol. The van der Waals surface area contributed by atoms with E-state index in [2.05, 4.69) is 25.8 Å². The van der Waals surface area contributed by atoms with E-state index in [4.69, 9.17) is 0 Å². The third-order valence-electron chi connectivity index (χ3n) is 8.51. The van der Waals surface area contributed by atoms with Crippen LogP contribution in [-0.4, -0.2) is 88.5 Å². The zero-order valence-corrected chi connectivity index (χ0v) is 27.3. The third-order valence-corrected chi connectivity index (χ3v) is 9.49. The largest absolute Gasteiger partial charge is 0.391 e. The van der Waals surface area contributed by atoms with E-state index in [1.807, 2.05) is 69.6 Å². The van der Waals surface area contributed by atoms with Crippen molar-refractivity contribution in [3.63, 3.8) is 0 Å². The predicted octanol–water partition coefficient (Wildman–Crippen LogP) is 2.95. The highest BCUT2D eigenvalue weighted by Crippen LogP contribution is 2.28. The summed E-state index contributed by atoms with van der Waals surface area (Å²) in [5, 5.41) is 19.7. The average molecular weight is 633 g/mol. The van der Waals surface area contributed by atoms with Crippen LogP contribution in [0.25, 0.3) is 10.4 Å². The molecule has 0 aliphatic carbocycles. The number of aliphatic hydroxyl groups is 1. The van der Waals surface area contributed by atoms with Gasteiger partial charge < -0.3 is 26.0 Å². The molecule has 10 nitrogen and oxygen atoms in total. The van der Waals surface area contributed by atoms with Gasteiger partial charge in [0.2, 0.25) is 11.8 Å². The van der Waals surface area contributed by atoms with Crippen molar-refractivity contribution in [1.29, 1.82) is 0 Å². The lowest BCUT2D eigenvalue weighted by atomic mass is 9.85. The van der Waals surface area contributed by atoms with Crippen LogP contribution in [-0.2, 0) is 22.7 Å². The highest BCUT2D eigenvalue weighted by Gasteiger charge is 2.44. The summed E-state index contributed by atoms with van der Waals surface area (Å²) >= 11 is 1.59. The summed E-state index contributed by atoms with van der Waals surface area (Å²) in [7, 11) is 0. The minimum absolute atomic E-state index is 0.0307. The molecule has 0 bridgehead atoms. The van der Waals surface area contributed by atoms with E-state index in [-0.39, 0.29) is 30.7 Å². The zero-order chi connectivity index (χ0) is 32.1. The van der Waals surface area contributed by atoms with E-state index in [1.54, 1.807) is 23.5 Å². The van der Waals surface area contributed by atoms with Gasteiger partial charge in [-0.2, -0.15) is 0 Å². The Morgan fingerprint density at radius 1 is 1.04 bits per heavy atom. The number of hydrogen-bond donors (Lipinski definition) is 4. The molecule has 2 aliphatic rings. The Morgan fingerprint density at radius 3 is 2.33 bits per heavy atom. The number of thiazole rings is 1. The summed E-state index contributed by atoms with van der Waals surface area (Å²) in [4.78, 5) is 49.9. The maximum absolute atomic E-state index is 14.0. The number of likely N-dealkylation sites (tertiary alicyclic amines) is 1. The molecule has 0 unspecified atom stereocenters. The Balaban J connectivity index is 1.21. The van der Waals surface area contributed by atoms with Crippen molar-refractivity contribution >= 4 is 29.1 Å². The number of aryl methyl sites for hydroxylation is 1. The van der Waals surface area contributed by atoms with Crippen molar-refractivity contribution in [2.75, 3.05) is 32.7 Å². The summed E-state index contributed by atoms with van der Waals surface area (Å²) in [6.07, 6.45) is -0.688. The highest BCUT2D eigenvalue weighted by molar-refractivity contribution is 7.13. The number of benzene rings is 2. The second-order valence-electron chi connectivity index (χ2n) is 13.1. The molecule has 1 aromatic heterocycles. The predicted molar refractivity (Wildman–Crippen MR) is 176 cm³/mol. The van der Waals surface area contributed by atoms with Gasteiger partial charge in [-0.25, -0.2) is 4.98 Å². The second kappa shape index (κ2) is 14.2. The molecule has 3 aromatic rings. The monoisotopic (exact) mass is 632 g/mol. The lowest BCUT2D eigenvalue weighted by Gasteiger charge is -2.35. The van der Waals surface area contributed by atoms with Crippen molar-refractivity contribution in [2.45, 2.75) is 65.4 Å². The quantitative estimate of drug-likeness (QED) is 0.286. The number of piperazine rings is 1. The van der Waals surface area contributed by atoms with Crippen LogP contribution in [0.5, 0.6) is 0 Å². The van der Waals surface area contributed by atoms with Gasteiger partial charge in [-0.15, -0.1) is 11.3 Å². The molecule has 0 spiro atoms. The summed E-state index contributed by atoms with van der Waals surface area (Å²) in [6.45, 7) is 12.7. The van der Waals surface area contributed by atoms with Crippen LogP contribution in [0.3, 0.4) is 0 Å². The van der Waals surface area contributed by atoms with E-state index in [0.29, 0.717) is 12.1 Å². The molecule has 0 saturated carbocycles. The van der Waals surface area contributed by atoms with E-state index in [0.717, 1.165) is 60.0 Å². The second-order valence-corrected chi connectivity index (χ2v) is 13.9. The molecule has 3 amide bonds. The first kappa shape index (κ1) is 32.7. The molecule has 3 heterocycles. The van der Waals surface area contributed by atoms with Crippen LogP contribution < -0.4 is 16.0 Å². The maximum atomic E-state index is 14.0. The zero-order valence-electron chi connectivity index (χ0n) is 26.5. The number of aliphatic hydroxyl groups excluding tert-OH is 1. The molecule has 2 saturated heterocycles. The molecule has 2 fully saturated rings. The number of carbonyl (C=O) groups excluding carboxylic acids is 3. The molecule has 2 aliphatic heterocycles. The number of nitrogens with one attached hydrogen (secondary N) is 3. The minimum Gasteiger partial charge on any atom is -0.391 e. The Morgan fingerprint density at radius 2 is 1.71 bits per heavy atom. The van der Waals surface area contributed by atoms with Gasteiger partial charge in [0.05, 0.1) is 22.2 Å². The normalized spacial score (nSPS) is 19.7. The fourth-order valence-corrected chi connectivity index (χ4v) is 6.70. The van der Waals surface area contributed by atoms with E-state index >= 15 is 0 Å². The number of hydrogen-bond acceptors (Lipinski definition) is 8. The van der Waals surface area contributed by atoms with Gasteiger partial charge in [-0.1, -0.05) is 57.2 Å². The maximum Gasteiger partial charge on any atom is 0.251 e. The Kier molecular flexibility index (Phi) is 10.3. The smallest absolute Gasteiger partial charge is 0.251 e. The standard InChI is InChI=1S/C34H44N6O4S/c1-22-29(45-21-37-22)25-9-5-23(6-10-25)18-36-32(43)28-17-27(41)20-40(28)33(44)30(34(2,3)4)38-31(42)26-11-7-24(8-12-26)19-39-15-13-35-14-16-39/h5-12,21,27-28,30,35,41H,13-20H2,1-4H3,(H,36,43)(H,38,42)/t27-,28+,30-/m1/s1. The van der Waals surface area contributed by atoms with Gasteiger partial charge in [-0.3, -0.25) is 19.3 Å². The Labute approximate surface area is 269 Å². The summed E-state index contributed by atoms with van der Waals surface area (Å²) in [5.41, 5.74) is 5.75. The topological polar surface area (TPSA) is 127 Å². The van der Waals surface area contributed by atoms with Gasteiger partial charge in [0.1, 0.15) is 12.1 Å². The average Bonchev–Trinajstić information content (AvgIpc) is 3.64. The van der Waals surface area contributed by atoms with Crippen molar-refractivity contribution in [1.82, 2.24) is 30.7 Å². The van der Waals surface area contributed by atoms with Crippen LogP contribution in [0.1, 0.15) is 54.4 Å². The van der Waals surface area contributed by atoms with Crippen molar-refractivity contribution < 1.29 is 19.5 Å². The lowest BCUT2D eigenvalue weighted by molar-refractivity contribution is -0.142. The minimum atomic E-state index is -0.895. The summed E-state index contributed by atoms with van der Waals surface area (Å²) < 4.78 is 0. The molecule has 0 radical (unpaired) electrons. The molecule has 45 heavy (non-hydrogen) atoms. The van der Waals surface area contributed by atoms with E-state index in [9.17, 15) is 19.5 Å². The van der Waals surface area contributed by atoms with Gasteiger partial charge >= 0.3 is 0 Å². The molecule has 240 valence electrons. The van der Waals surface area contributed by atoms with E-state index < -0.39 is 23.6 Å². The van der Waals surface area contributed by atoms with Crippen molar-refractivity contribution in [3.8, 4) is 10.4 Å². The molecule has 5 rings (SSSR count). The fraction of sp³-hybridized carbons (Fsp3) is 0.471. The Bertz CT molecular complexity index is 1480. The van der Waals surface area contributed by atoms with Crippen LogP contribution in [0.15, 0.2) is 54.0 Å². The SMILES string of the molecule is Cc1ncsc1-c1ccc(CNC(=O)[C@@H]2C[C@@H](O)CN2C(=O)[C@@H](NC(=O)c2ccc(CN3CCNCC3)cc2)C(C)(C)C)cc1. The van der Waals surface area contributed by atoms with Gasteiger partial charge in [-0.05, 0) is 41.2 Å². The van der Waals surface area contributed by atoms with Crippen LogP contribution in [0, 0.1) is 12.3 Å².